The van der Waals surface area contributed by atoms with E-state index < -0.39 is 95.5 Å². The second kappa shape index (κ2) is 9.78. The summed E-state index contributed by atoms with van der Waals surface area (Å²) in [4.78, 5) is 40.1. The van der Waals surface area contributed by atoms with Gasteiger partial charge in [0.2, 0.25) is 11.8 Å². The number of nitrogens with zero attached hydrogens (tertiary/aromatic N) is 2. The summed E-state index contributed by atoms with van der Waals surface area (Å²) in [6.07, 6.45) is -6.76. The van der Waals surface area contributed by atoms with Crippen molar-refractivity contribution in [1.29, 1.82) is 0 Å². The molecule has 3 amide bonds. The summed E-state index contributed by atoms with van der Waals surface area (Å²) in [5, 5.41) is 1.64. The topological polar surface area (TPSA) is 88.2 Å². The van der Waals surface area contributed by atoms with Crippen LogP contribution < -0.4 is 10.1 Å². The van der Waals surface area contributed by atoms with Crippen molar-refractivity contribution in [2.45, 2.75) is 77.2 Å². The number of rotatable bonds is 6. The fraction of sp³-hybridized carbons (Fsp3) is 0.483. The quantitative estimate of drug-likeness (QED) is 0.572. The van der Waals surface area contributed by atoms with Crippen molar-refractivity contribution < 1.29 is 42.0 Å². The van der Waals surface area contributed by atoms with E-state index in [0.717, 1.165) is 24.3 Å². The van der Waals surface area contributed by atoms with Crippen LogP contribution in [0.15, 0.2) is 36.4 Å². The maximum absolute atomic E-state index is 15.3. The number of imide groups is 1. The van der Waals surface area contributed by atoms with Gasteiger partial charge in [-0.3, -0.25) is 24.6 Å². The standard InChI is InChI=1S/C29H34FN3O5/c1-28(2)16-32(17-29(3,4)38-28)13-18-8-9-22(30)19(12-18)15-37-24-7-5-6-20-21(24)14-33(27(20)36)23-10-11-25(34)31-26(23)35/h5-9,12,23H,10-11,13-17H2,1-4H3,(H,31,34,35)/i10D2,11D2,13D2,14D2,15D2. The van der Waals surface area contributed by atoms with Gasteiger partial charge in [0.25, 0.3) is 5.91 Å². The highest BCUT2D eigenvalue weighted by molar-refractivity contribution is 6.05. The molecule has 1 atom stereocenters. The van der Waals surface area contributed by atoms with Gasteiger partial charge in [-0.2, -0.15) is 0 Å². The highest BCUT2D eigenvalue weighted by Crippen LogP contribution is 2.34. The first kappa shape index (κ1) is 16.6. The van der Waals surface area contributed by atoms with Crippen LogP contribution >= 0.6 is 0 Å². The third-order valence-electron chi connectivity index (χ3n) is 5.99. The summed E-state index contributed by atoms with van der Waals surface area (Å²) >= 11 is 0. The molecule has 2 aromatic carbocycles. The molecule has 0 radical (unpaired) electrons. The van der Waals surface area contributed by atoms with Crippen LogP contribution in [0.4, 0.5) is 4.39 Å². The van der Waals surface area contributed by atoms with Crippen molar-refractivity contribution >= 4 is 17.7 Å². The minimum Gasteiger partial charge on any atom is -0.488 e. The lowest BCUT2D eigenvalue weighted by Gasteiger charge is -2.47. The van der Waals surface area contributed by atoms with Gasteiger partial charge in [-0.1, -0.05) is 12.1 Å². The maximum atomic E-state index is 15.3. The number of ether oxygens (including phenoxy) is 2. The van der Waals surface area contributed by atoms with Gasteiger partial charge in [0.05, 0.1) is 23.2 Å². The van der Waals surface area contributed by atoms with E-state index in [1.165, 1.54) is 17.0 Å². The lowest BCUT2D eigenvalue weighted by molar-refractivity contribution is -0.182. The number of hydrogen-bond donors (Lipinski definition) is 1. The lowest BCUT2D eigenvalue weighted by Crippen LogP contribution is -2.56. The Morgan fingerprint density at radius 1 is 1.16 bits per heavy atom. The number of morpholine rings is 1. The van der Waals surface area contributed by atoms with E-state index >= 15 is 4.39 Å². The number of hydrogen-bond acceptors (Lipinski definition) is 6. The zero-order chi connectivity index (χ0) is 36.2. The second-order valence-electron chi connectivity index (χ2n) is 10.4. The van der Waals surface area contributed by atoms with E-state index in [2.05, 4.69) is 0 Å². The molecule has 0 aliphatic carbocycles. The average molecular weight is 534 g/mol. The van der Waals surface area contributed by atoms with Crippen molar-refractivity contribution in [2.24, 2.45) is 0 Å². The molecule has 3 heterocycles. The molecule has 9 heteroatoms. The van der Waals surface area contributed by atoms with Crippen molar-refractivity contribution in [2.75, 3.05) is 13.1 Å². The summed E-state index contributed by atoms with van der Waals surface area (Å²) in [5.74, 6) is -6.09. The largest absolute Gasteiger partial charge is 0.488 e. The SMILES string of the molecule is [2H]C([2H])(Oc1cccc2c1C([2H])([2H])N(C1C(=O)NC(=O)C([2H])([2H])C1([2H])[2H])C2=O)c1cc(C([2H])([2H])N2CC(C)(C)OC(C)(C)C2)ccc1F. The van der Waals surface area contributed by atoms with Crippen molar-refractivity contribution in [3.05, 3.63) is 64.5 Å². The number of nitrogens with one attached hydrogen (secondary N) is 1. The summed E-state index contributed by atoms with van der Waals surface area (Å²) in [5.41, 5.74) is -3.47. The van der Waals surface area contributed by atoms with E-state index in [1.54, 1.807) is 33.0 Å². The van der Waals surface area contributed by atoms with Crippen LogP contribution in [0, 0.1) is 5.82 Å². The molecule has 0 aromatic heterocycles. The number of fused-ring (bicyclic) bond motifs is 1. The molecule has 1 N–H and O–H groups in total. The van der Waals surface area contributed by atoms with Gasteiger partial charge in [0.1, 0.15) is 24.2 Å². The predicted molar refractivity (Wildman–Crippen MR) is 138 cm³/mol. The van der Waals surface area contributed by atoms with Crippen LogP contribution in [0.5, 0.6) is 5.75 Å². The van der Waals surface area contributed by atoms with Gasteiger partial charge < -0.3 is 14.4 Å². The van der Waals surface area contributed by atoms with Gasteiger partial charge in [-0.05, 0) is 63.9 Å². The summed E-state index contributed by atoms with van der Waals surface area (Å²) in [6.45, 7) is -0.967. The molecule has 38 heavy (non-hydrogen) atoms. The fourth-order valence-electron chi connectivity index (χ4n) is 4.82. The summed E-state index contributed by atoms with van der Waals surface area (Å²) in [7, 11) is 0. The normalized spacial score (nSPS) is 31.4. The Labute approximate surface area is 236 Å². The van der Waals surface area contributed by atoms with Gasteiger partial charge in [0.15, 0.2) is 0 Å². The average Bonchev–Trinajstić information content (AvgIpc) is 3.11. The van der Waals surface area contributed by atoms with E-state index in [1.807, 2.05) is 0 Å². The summed E-state index contributed by atoms with van der Waals surface area (Å²) < 4.78 is 112. The number of carbonyl (C=O) groups is 3. The van der Waals surface area contributed by atoms with E-state index in [4.69, 9.17) is 23.2 Å². The molecule has 2 fully saturated rings. The molecule has 0 bridgehead atoms. The molecule has 0 saturated carbocycles. The van der Waals surface area contributed by atoms with E-state index in [-0.39, 0.29) is 23.6 Å². The van der Waals surface area contributed by atoms with Gasteiger partial charge in [0, 0.05) is 50.9 Å². The van der Waals surface area contributed by atoms with Crippen molar-refractivity contribution in [3.63, 3.8) is 0 Å². The van der Waals surface area contributed by atoms with Crippen LogP contribution in [0.3, 0.4) is 0 Å². The Morgan fingerprint density at radius 2 is 1.89 bits per heavy atom. The molecular formula is C29H34FN3O5. The van der Waals surface area contributed by atoms with Crippen LogP contribution in [-0.2, 0) is 33.9 Å². The maximum Gasteiger partial charge on any atom is 0.255 e. The molecule has 0 spiro atoms. The predicted octanol–water partition coefficient (Wildman–Crippen LogP) is 3.56. The minimum absolute atomic E-state index is 0.107. The van der Waals surface area contributed by atoms with Gasteiger partial charge in [-0.25, -0.2) is 4.39 Å². The smallest absolute Gasteiger partial charge is 0.255 e. The second-order valence-corrected chi connectivity index (χ2v) is 10.4. The van der Waals surface area contributed by atoms with Crippen molar-refractivity contribution in [1.82, 2.24) is 15.1 Å². The van der Waals surface area contributed by atoms with Crippen LogP contribution in [0.25, 0.3) is 0 Å². The molecule has 3 aliphatic heterocycles. The highest BCUT2D eigenvalue weighted by Gasteiger charge is 2.40. The number of benzene rings is 2. The third kappa shape index (κ3) is 5.44. The van der Waals surface area contributed by atoms with Gasteiger partial charge in [-0.15, -0.1) is 0 Å². The van der Waals surface area contributed by atoms with Crippen LogP contribution in [0.1, 0.15) is 81.2 Å². The van der Waals surface area contributed by atoms with E-state index in [0.29, 0.717) is 0 Å². The first-order valence-corrected chi connectivity index (χ1v) is 11.9. The number of halogens is 1. The highest BCUT2D eigenvalue weighted by atomic mass is 19.1. The fourth-order valence-corrected chi connectivity index (χ4v) is 4.82. The molecule has 2 aromatic rings. The third-order valence-corrected chi connectivity index (χ3v) is 5.99. The van der Waals surface area contributed by atoms with Gasteiger partial charge >= 0.3 is 0 Å². The Kier molecular flexibility index (Phi) is 4.28. The minimum atomic E-state index is -3.40. The first-order chi connectivity index (χ1) is 21.7. The molecular weight excluding hydrogens is 489 g/mol. The molecule has 3 aliphatic rings. The van der Waals surface area contributed by atoms with Crippen LogP contribution in [0.2, 0.25) is 0 Å². The number of amides is 3. The Hall–Kier alpha value is -3.30. The lowest BCUT2D eigenvalue weighted by atomic mass is 9.98. The van der Waals surface area contributed by atoms with Crippen molar-refractivity contribution in [3.8, 4) is 5.75 Å². The molecule has 2 saturated heterocycles. The Balaban J connectivity index is 1.52. The molecule has 8 nitrogen and oxygen atoms in total. The monoisotopic (exact) mass is 533 g/mol. The Bertz CT molecular complexity index is 1700. The van der Waals surface area contributed by atoms with Crippen LogP contribution in [-0.4, -0.2) is 57.9 Å². The molecule has 1 unspecified atom stereocenters. The summed E-state index contributed by atoms with van der Waals surface area (Å²) in [6, 6.07) is 3.90. The number of piperidine rings is 1. The number of carbonyl (C=O) groups excluding carboxylic acids is 3. The molecule has 5 rings (SSSR count). The first-order valence-electron chi connectivity index (χ1n) is 16.9. The zero-order valence-corrected chi connectivity index (χ0v) is 21.3. The van der Waals surface area contributed by atoms with E-state index in [9.17, 15) is 14.4 Å². The Morgan fingerprint density at radius 3 is 2.63 bits per heavy atom. The zero-order valence-electron chi connectivity index (χ0n) is 31.3. The molecule has 202 valence electrons.